The minimum Gasteiger partial charge on any atom is -0.340 e. The van der Waals surface area contributed by atoms with Crippen LogP contribution in [-0.2, 0) is 4.79 Å². The molecule has 0 radical (unpaired) electrons. The Morgan fingerprint density at radius 3 is 2.62 bits per heavy atom. The van der Waals surface area contributed by atoms with Crippen LogP contribution in [0.15, 0.2) is 12.7 Å². The average molecular weight is 182 g/mol. The molecular formula is C10H18N2O. The van der Waals surface area contributed by atoms with Crippen LogP contribution < -0.4 is 5.73 Å². The number of nitrogens with zero attached hydrogens (tertiary/aromatic N) is 1. The van der Waals surface area contributed by atoms with Gasteiger partial charge in [0.25, 0.3) is 0 Å². The lowest BCUT2D eigenvalue weighted by Crippen LogP contribution is -2.52. The van der Waals surface area contributed by atoms with Gasteiger partial charge in [0.15, 0.2) is 0 Å². The molecule has 3 heteroatoms. The Morgan fingerprint density at radius 2 is 2.15 bits per heavy atom. The maximum atomic E-state index is 11.8. The number of carbonyl (C=O) groups excluding carboxylic acids is 1. The number of hydrogen-bond donors (Lipinski definition) is 1. The molecule has 0 aliphatic heterocycles. The highest BCUT2D eigenvalue weighted by Crippen LogP contribution is 2.28. The van der Waals surface area contributed by atoms with E-state index in [1.165, 1.54) is 0 Å². The van der Waals surface area contributed by atoms with Gasteiger partial charge in [0.2, 0.25) is 5.91 Å². The van der Waals surface area contributed by atoms with Crippen molar-refractivity contribution in [1.82, 2.24) is 4.90 Å². The van der Waals surface area contributed by atoms with Crippen LogP contribution in [0.25, 0.3) is 0 Å². The van der Waals surface area contributed by atoms with E-state index in [4.69, 9.17) is 5.73 Å². The van der Waals surface area contributed by atoms with E-state index in [2.05, 4.69) is 6.58 Å². The first-order valence-electron chi connectivity index (χ1n) is 4.75. The molecule has 0 bridgehead atoms. The maximum absolute atomic E-state index is 11.8. The monoisotopic (exact) mass is 182 g/mol. The molecule has 0 aromatic heterocycles. The predicted molar refractivity (Wildman–Crippen MR) is 53.2 cm³/mol. The molecule has 0 unspecified atom stereocenters. The SMILES string of the molecule is C=CCN(C)C(=O)C1(N)CCCC1. The summed E-state index contributed by atoms with van der Waals surface area (Å²) in [5.41, 5.74) is 5.42. The van der Waals surface area contributed by atoms with Gasteiger partial charge in [0, 0.05) is 13.6 Å². The van der Waals surface area contributed by atoms with Crippen molar-refractivity contribution in [1.29, 1.82) is 0 Å². The zero-order chi connectivity index (χ0) is 9.90. The van der Waals surface area contributed by atoms with E-state index < -0.39 is 5.54 Å². The first kappa shape index (κ1) is 10.3. The van der Waals surface area contributed by atoms with Gasteiger partial charge in [-0.05, 0) is 12.8 Å². The van der Waals surface area contributed by atoms with E-state index >= 15 is 0 Å². The van der Waals surface area contributed by atoms with Crippen LogP contribution >= 0.6 is 0 Å². The van der Waals surface area contributed by atoms with Crippen molar-refractivity contribution in [3.8, 4) is 0 Å². The largest absolute Gasteiger partial charge is 0.340 e. The molecule has 0 spiro atoms. The highest BCUT2D eigenvalue weighted by molar-refractivity contribution is 5.86. The minimum absolute atomic E-state index is 0.0601. The Balaban J connectivity index is 2.59. The summed E-state index contributed by atoms with van der Waals surface area (Å²) < 4.78 is 0. The number of amides is 1. The Morgan fingerprint density at radius 1 is 1.62 bits per heavy atom. The number of hydrogen-bond acceptors (Lipinski definition) is 2. The molecule has 3 nitrogen and oxygen atoms in total. The van der Waals surface area contributed by atoms with E-state index in [1.807, 2.05) is 0 Å². The lowest BCUT2D eigenvalue weighted by molar-refractivity contribution is -0.134. The highest BCUT2D eigenvalue weighted by atomic mass is 16.2. The summed E-state index contributed by atoms with van der Waals surface area (Å²) in [4.78, 5) is 13.5. The Bertz CT molecular complexity index is 207. The smallest absolute Gasteiger partial charge is 0.242 e. The molecule has 1 rings (SSSR count). The molecule has 1 saturated carbocycles. The van der Waals surface area contributed by atoms with E-state index in [9.17, 15) is 4.79 Å². The average Bonchev–Trinajstić information content (AvgIpc) is 2.52. The van der Waals surface area contributed by atoms with Gasteiger partial charge >= 0.3 is 0 Å². The Kier molecular flexibility index (Phi) is 3.09. The van der Waals surface area contributed by atoms with Crippen LogP contribution in [0, 0.1) is 0 Å². The molecule has 1 aliphatic carbocycles. The highest BCUT2D eigenvalue weighted by Gasteiger charge is 2.38. The van der Waals surface area contributed by atoms with Crippen molar-refractivity contribution in [3.05, 3.63) is 12.7 Å². The predicted octanol–water partition coefficient (Wildman–Crippen LogP) is 0.902. The van der Waals surface area contributed by atoms with Gasteiger partial charge in [0.05, 0.1) is 5.54 Å². The van der Waals surface area contributed by atoms with Crippen LogP contribution in [-0.4, -0.2) is 29.9 Å². The zero-order valence-electron chi connectivity index (χ0n) is 8.25. The topological polar surface area (TPSA) is 46.3 Å². The number of rotatable bonds is 3. The van der Waals surface area contributed by atoms with E-state index in [0.717, 1.165) is 25.7 Å². The Labute approximate surface area is 79.6 Å². The van der Waals surface area contributed by atoms with E-state index in [-0.39, 0.29) is 5.91 Å². The fourth-order valence-electron chi connectivity index (χ4n) is 1.88. The summed E-state index contributed by atoms with van der Waals surface area (Å²) >= 11 is 0. The van der Waals surface area contributed by atoms with Crippen LogP contribution in [0.5, 0.6) is 0 Å². The van der Waals surface area contributed by atoms with Crippen molar-refractivity contribution in [2.75, 3.05) is 13.6 Å². The van der Waals surface area contributed by atoms with Crippen LogP contribution in [0.1, 0.15) is 25.7 Å². The van der Waals surface area contributed by atoms with Gasteiger partial charge in [0.1, 0.15) is 0 Å². The maximum Gasteiger partial charge on any atom is 0.242 e. The molecule has 74 valence electrons. The molecule has 1 amide bonds. The minimum atomic E-state index is -0.586. The van der Waals surface area contributed by atoms with Gasteiger partial charge in [-0.3, -0.25) is 4.79 Å². The third-order valence-corrected chi connectivity index (χ3v) is 2.67. The molecule has 0 atom stereocenters. The van der Waals surface area contributed by atoms with Crippen molar-refractivity contribution >= 4 is 5.91 Å². The first-order valence-corrected chi connectivity index (χ1v) is 4.75. The lowest BCUT2D eigenvalue weighted by atomic mass is 9.97. The van der Waals surface area contributed by atoms with Gasteiger partial charge in [-0.25, -0.2) is 0 Å². The number of carbonyl (C=O) groups is 1. The van der Waals surface area contributed by atoms with Gasteiger partial charge in [-0.2, -0.15) is 0 Å². The normalized spacial score (nSPS) is 19.8. The summed E-state index contributed by atoms with van der Waals surface area (Å²) in [6.07, 6.45) is 5.52. The summed E-state index contributed by atoms with van der Waals surface area (Å²) in [6.45, 7) is 4.18. The number of nitrogens with two attached hydrogens (primary N) is 1. The molecule has 0 heterocycles. The van der Waals surface area contributed by atoms with Crippen LogP contribution in [0.2, 0.25) is 0 Å². The van der Waals surface area contributed by atoms with Crippen LogP contribution in [0.3, 0.4) is 0 Å². The number of likely N-dealkylation sites (N-methyl/N-ethyl adjacent to an activating group) is 1. The van der Waals surface area contributed by atoms with Gasteiger partial charge < -0.3 is 10.6 Å². The molecule has 1 fully saturated rings. The summed E-state index contributed by atoms with van der Waals surface area (Å²) in [7, 11) is 1.77. The summed E-state index contributed by atoms with van der Waals surface area (Å²) in [6, 6.07) is 0. The van der Waals surface area contributed by atoms with E-state index in [1.54, 1.807) is 18.0 Å². The van der Waals surface area contributed by atoms with Crippen molar-refractivity contribution < 1.29 is 4.79 Å². The second-order valence-corrected chi connectivity index (χ2v) is 3.84. The van der Waals surface area contributed by atoms with E-state index in [0.29, 0.717) is 6.54 Å². The second-order valence-electron chi connectivity index (χ2n) is 3.84. The summed E-state index contributed by atoms with van der Waals surface area (Å²) in [5, 5.41) is 0. The second kappa shape index (κ2) is 3.92. The van der Waals surface area contributed by atoms with Crippen molar-refractivity contribution in [3.63, 3.8) is 0 Å². The molecule has 0 aromatic carbocycles. The fourth-order valence-corrected chi connectivity index (χ4v) is 1.88. The van der Waals surface area contributed by atoms with Crippen LogP contribution in [0.4, 0.5) is 0 Å². The van der Waals surface area contributed by atoms with Crippen molar-refractivity contribution in [2.24, 2.45) is 5.73 Å². The molecule has 2 N–H and O–H groups in total. The molecular weight excluding hydrogens is 164 g/mol. The molecule has 1 aliphatic rings. The molecule has 0 aromatic rings. The zero-order valence-corrected chi connectivity index (χ0v) is 8.25. The lowest BCUT2D eigenvalue weighted by Gasteiger charge is -2.27. The van der Waals surface area contributed by atoms with Crippen molar-refractivity contribution in [2.45, 2.75) is 31.2 Å². The first-order chi connectivity index (χ1) is 6.10. The fraction of sp³-hybridized carbons (Fsp3) is 0.700. The van der Waals surface area contributed by atoms with Gasteiger partial charge in [-0.15, -0.1) is 6.58 Å². The Hall–Kier alpha value is -0.830. The molecule has 13 heavy (non-hydrogen) atoms. The quantitative estimate of drug-likeness (QED) is 0.659. The standard InChI is InChI=1S/C10H18N2O/c1-3-8-12(2)9(13)10(11)6-4-5-7-10/h3H,1,4-8,11H2,2H3. The summed E-state index contributed by atoms with van der Waals surface area (Å²) in [5.74, 6) is 0.0601. The third kappa shape index (κ3) is 2.10. The third-order valence-electron chi connectivity index (χ3n) is 2.67. The molecule has 0 saturated heterocycles. The van der Waals surface area contributed by atoms with Gasteiger partial charge in [-0.1, -0.05) is 18.9 Å².